The molecule has 2 N–H and O–H groups in total. The van der Waals surface area contributed by atoms with Gasteiger partial charge in [0, 0.05) is 29.7 Å². The number of aliphatic hydroxyl groups excluding tert-OH is 1. The molecule has 0 spiro atoms. The fraction of sp³-hybridized carbons (Fsp3) is 0.357. The Morgan fingerprint density at radius 2 is 2.05 bits per heavy atom. The summed E-state index contributed by atoms with van der Waals surface area (Å²) < 4.78 is 5.08. The second-order valence-corrected chi connectivity index (χ2v) is 5.33. The second kappa shape index (κ2) is 5.83. The maximum absolute atomic E-state index is 12.0. The van der Waals surface area contributed by atoms with E-state index >= 15 is 0 Å². The molecule has 20 heavy (non-hydrogen) atoms. The lowest BCUT2D eigenvalue weighted by atomic mass is 9.95. The van der Waals surface area contributed by atoms with Gasteiger partial charge in [0.25, 0.3) is 5.91 Å². The Morgan fingerprint density at radius 1 is 1.35 bits per heavy atom. The molecular formula is C14H17N3O3. The molecule has 1 amide bonds. The highest BCUT2D eigenvalue weighted by molar-refractivity contribution is 5.94. The van der Waals surface area contributed by atoms with Crippen molar-refractivity contribution in [2.45, 2.75) is 13.8 Å². The number of amides is 1. The minimum Gasteiger partial charge on any atom is -0.423 e. The number of carbonyl (C=O) groups is 1. The zero-order valence-corrected chi connectivity index (χ0v) is 11.5. The van der Waals surface area contributed by atoms with Crippen LogP contribution in [0.15, 0.2) is 35.1 Å². The van der Waals surface area contributed by atoms with Gasteiger partial charge in [-0.15, -0.1) is 10.2 Å². The predicted octanol–water partition coefficient (Wildman–Crippen LogP) is 1.48. The number of hydrogen-bond donors (Lipinski definition) is 2. The Balaban J connectivity index is 2.01. The van der Waals surface area contributed by atoms with Gasteiger partial charge < -0.3 is 14.8 Å². The van der Waals surface area contributed by atoms with Gasteiger partial charge in [-0.3, -0.25) is 4.79 Å². The van der Waals surface area contributed by atoms with Crippen LogP contribution in [0.1, 0.15) is 24.2 Å². The summed E-state index contributed by atoms with van der Waals surface area (Å²) in [4.78, 5) is 12.0. The number of benzene rings is 1. The predicted molar refractivity (Wildman–Crippen MR) is 72.9 cm³/mol. The van der Waals surface area contributed by atoms with Crippen LogP contribution in [-0.4, -0.2) is 34.4 Å². The largest absolute Gasteiger partial charge is 0.423 e. The summed E-state index contributed by atoms with van der Waals surface area (Å²) >= 11 is 0. The van der Waals surface area contributed by atoms with Gasteiger partial charge in [-0.1, -0.05) is 13.8 Å². The molecule has 1 aromatic carbocycles. The van der Waals surface area contributed by atoms with Crippen LogP contribution in [0.5, 0.6) is 0 Å². The first kappa shape index (κ1) is 14.2. The summed E-state index contributed by atoms with van der Waals surface area (Å²) in [7, 11) is 0. The standard InChI is InChI=1S/C14H17N3O3/c1-14(2,8-18)7-15-12(19)10-3-5-11(6-4-10)13-17-16-9-20-13/h3-6,9,18H,7-8H2,1-2H3,(H,15,19). The van der Waals surface area contributed by atoms with Gasteiger partial charge in [0.15, 0.2) is 0 Å². The minimum absolute atomic E-state index is 0.0172. The van der Waals surface area contributed by atoms with Crippen molar-refractivity contribution in [3.63, 3.8) is 0 Å². The molecule has 2 rings (SSSR count). The molecule has 1 heterocycles. The summed E-state index contributed by atoms with van der Waals surface area (Å²) in [6.07, 6.45) is 1.26. The van der Waals surface area contributed by atoms with E-state index in [0.29, 0.717) is 18.0 Å². The summed E-state index contributed by atoms with van der Waals surface area (Å²) in [5.41, 5.74) is 0.969. The van der Waals surface area contributed by atoms with E-state index in [0.717, 1.165) is 5.56 Å². The Hall–Kier alpha value is -2.21. The fourth-order valence-electron chi connectivity index (χ4n) is 1.54. The summed E-state index contributed by atoms with van der Waals surface area (Å²) in [5.74, 6) is 0.238. The summed E-state index contributed by atoms with van der Waals surface area (Å²) in [6.45, 7) is 4.19. The third-order valence-corrected chi connectivity index (χ3v) is 2.91. The molecule has 106 valence electrons. The van der Waals surface area contributed by atoms with Crippen LogP contribution >= 0.6 is 0 Å². The number of nitrogens with one attached hydrogen (secondary N) is 1. The Kier molecular flexibility index (Phi) is 4.14. The van der Waals surface area contributed by atoms with E-state index in [1.807, 2.05) is 13.8 Å². The van der Waals surface area contributed by atoms with E-state index in [9.17, 15) is 4.79 Å². The van der Waals surface area contributed by atoms with Crippen LogP contribution in [0.25, 0.3) is 11.5 Å². The molecule has 2 aromatic rings. The van der Waals surface area contributed by atoms with Crippen LogP contribution in [0.3, 0.4) is 0 Å². The highest BCUT2D eigenvalue weighted by Crippen LogP contribution is 2.17. The van der Waals surface area contributed by atoms with Crippen molar-refractivity contribution in [2.24, 2.45) is 5.41 Å². The molecular weight excluding hydrogens is 258 g/mol. The molecule has 0 radical (unpaired) electrons. The van der Waals surface area contributed by atoms with Gasteiger partial charge in [0.05, 0.1) is 0 Å². The SMILES string of the molecule is CC(C)(CO)CNC(=O)c1ccc(-c2nnco2)cc1. The Bertz CT molecular complexity index is 562. The molecule has 0 fully saturated rings. The number of aliphatic hydroxyl groups is 1. The molecule has 0 bridgehead atoms. The smallest absolute Gasteiger partial charge is 0.251 e. The van der Waals surface area contributed by atoms with Crippen LogP contribution < -0.4 is 5.32 Å². The Morgan fingerprint density at radius 3 is 2.60 bits per heavy atom. The van der Waals surface area contributed by atoms with Crippen LogP contribution in [0.4, 0.5) is 0 Å². The molecule has 0 unspecified atom stereocenters. The molecule has 0 aliphatic rings. The average molecular weight is 275 g/mol. The van der Waals surface area contributed by atoms with Gasteiger partial charge in [-0.05, 0) is 24.3 Å². The number of nitrogens with zero attached hydrogens (tertiary/aromatic N) is 2. The minimum atomic E-state index is -0.334. The molecule has 6 heteroatoms. The Labute approximate surface area is 116 Å². The molecule has 6 nitrogen and oxygen atoms in total. The quantitative estimate of drug-likeness (QED) is 0.863. The third kappa shape index (κ3) is 3.42. The first-order valence-electron chi connectivity index (χ1n) is 6.27. The van der Waals surface area contributed by atoms with E-state index in [4.69, 9.17) is 9.52 Å². The van der Waals surface area contributed by atoms with Crippen molar-refractivity contribution in [3.05, 3.63) is 36.2 Å². The van der Waals surface area contributed by atoms with Crippen LogP contribution in [0.2, 0.25) is 0 Å². The van der Waals surface area contributed by atoms with Gasteiger partial charge in [0.2, 0.25) is 12.3 Å². The van der Waals surface area contributed by atoms with E-state index < -0.39 is 0 Å². The summed E-state index contributed by atoms with van der Waals surface area (Å²) in [5, 5.41) is 19.3. The molecule has 0 saturated heterocycles. The monoisotopic (exact) mass is 275 g/mol. The second-order valence-electron chi connectivity index (χ2n) is 5.33. The normalized spacial score (nSPS) is 11.3. The topological polar surface area (TPSA) is 88.2 Å². The molecule has 0 atom stereocenters. The average Bonchev–Trinajstić information content (AvgIpc) is 2.99. The third-order valence-electron chi connectivity index (χ3n) is 2.91. The van der Waals surface area contributed by atoms with Gasteiger partial charge in [0.1, 0.15) is 0 Å². The maximum atomic E-state index is 12.0. The van der Waals surface area contributed by atoms with Crippen molar-refractivity contribution in [1.82, 2.24) is 15.5 Å². The van der Waals surface area contributed by atoms with Crippen molar-refractivity contribution < 1.29 is 14.3 Å². The lowest BCUT2D eigenvalue weighted by Gasteiger charge is -2.21. The van der Waals surface area contributed by atoms with Crippen molar-refractivity contribution in [1.29, 1.82) is 0 Å². The zero-order valence-electron chi connectivity index (χ0n) is 11.5. The number of hydrogen-bond acceptors (Lipinski definition) is 5. The van der Waals surface area contributed by atoms with Crippen LogP contribution in [0, 0.1) is 5.41 Å². The van der Waals surface area contributed by atoms with Gasteiger partial charge in [-0.25, -0.2) is 0 Å². The van der Waals surface area contributed by atoms with Crippen molar-refractivity contribution >= 4 is 5.91 Å². The van der Waals surface area contributed by atoms with Crippen molar-refractivity contribution in [2.75, 3.05) is 13.2 Å². The van der Waals surface area contributed by atoms with Gasteiger partial charge >= 0.3 is 0 Å². The first-order valence-corrected chi connectivity index (χ1v) is 6.27. The summed E-state index contributed by atoms with van der Waals surface area (Å²) in [6, 6.07) is 6.89. The zero-order chi connectivity index (χ0) is 14.6. The number of rotatable bonds is 5. The van der Waals surface area contributed by atoms with Crippen LogP contribution in [-0.2, 0) is 0 Å². The lowest BCUT2D eigenvalue weighted by molar-refractivity contribution is 0.0911. The van der Waals surface area contributed by atoms with E-state index in [2.05, 4.69) is 15.5 Å². The van der Waals surface area contributed by atoms with E-state index in [1.165, 1.54) is 6.39 Å². The number of aromatic nitrogens is 2. The number of carbonyl (C=O) groups excluding carboxylic acids is 1. The fourth-order valence-corrected chi connectivity index (χ4v) is 1.54. The molecule has 0 saturated carbocycles. The van der Waals surface area contributed by atoms with Gasteiger partial charge in [-0.2, -0.15) is 0 Å². The highest BCUT2D eigenvalue weighted by Gasteiger charge is 2.18. The molecule has 1 aromatic heterocycles. The maximum Gasteiger partial charge on any atom is 0.251 e. The highest BCUT2D eigenvalue weighted by atomic mass is 16.4. The van der Waals surface area contributed by atoms with E-state index in [-0.39, 0.29) is 17.9 Å². The molecule has 0 aliphatic carbocycles. The van der Waals surface area contributed by atoms with Crippen molar-refractivity contribution in [3.8, 4) is 11.5 Å². The van der Waals surface area contributed by atoms with E-state index in [1.54, 1.807) is 24.3 Å². The first-order chi connectivity index (χ1) is 9.52. The molecule has 0 aliphatic heterocycles. The lowest BCUT2D eigenvalue weighted by Crippen LogP contribution is -2.36.